The summed E-state index contributed by atoms with van der Waals surface area (Å²) >= 11 is 1.64. The van der Waals surface area contributed by atoms with Crippen LogP contribution < -0.4 is 16.0 Å². The molecule has 3 aromatic rings. The fourth-order valence-electron chi connectivity index (χ4n) is 4.32. The van der Waals surface area contributed by atoms with E-state index in [1.54, 1.807) is 36.3 Å². The van der Waals surface area contributed by atoms with E-state index < -0.39 is 7.94 Å². The third-order valence-electron chi connectivity index (χ3n) is 6.56. The zero-order valence-corrected chi connectivity index (χ0v) is 20.8. The van der Waals surface area contributed by atoms with E-state index in [0.717, 1.165) is 42.2 Å². The Bertz CT molecular complexity index is 1150. The third kappa shape index (κ3) is 4.94. The van der Waals surface area contributed by atoms with Crippen molar-refractivity contribution in [2.75, 3.05) is 48.9 Å². The first-order chi connectivity index (χ1) is 16.3. The molecule has 4 N–H and O–H groups in total. The Hall–Kier alpha value is -2.55. The van der Waals surface area contributed by atoms with Crippen molar-refractivity contribution in [1.29, 1.82) is 0 Å². The standard InChI is InChI=1S/C24H29N4O4PS/c1-33(30)31-15-24(16-32-33)8-10-28(11-9-24)22-7-5-18(14-26-22)23(29)27-20-13-17(4-6-19(20)25)21-3-2-12-34-21/h2-7,12-14,30,33H,8-11,15-16,25H2,1H3,(H,27,29). The van der Waals surface area contributed by atoms with Crippen molar-refractivity contribution in [3.8, 4) is 10.4 Å². The molecule has 4 heterocycles. The molecule has 0 saturated carbocycles. The van der Waals surface area contributed by atoms with Crippen LogP contribution in [0.4, 0.5) is 17.2 Å². The molecule has 0 atom stereocenters. The number of anilines is 3. The Morgan fingerprint density at radius 3 is 2.62 bits per heavy atom. The van der Waals surface area contributed by atoms with E-state index in [4.69, 9.17) is 14.8 Å². The Morgan fingerprint density at radius 1 is 1.21 bits per heavy atom. The van der Waals surface area contributed by atoms with Gasteiger partial charge in [0.25, 0.3) is 0 Å². The number of thiophene rings is 1. The van der Waals surface area contributed by atoms with Crippen LogP contribution in [0.3, 0.4) is 0 Å². The summed E-state index contributed by atoms with van der Waals surface area (Å²) in [7, 11) is -2.92. The maximum absolute atomic E-state index is 12.8. The molecule has 1 aromatic carbocycles. The fourth-order valence-corrected chi connectivity index (χ4v) is 6.27. The van der Waals surface area contributed by atoms with Crippen molar-refractivity contribution >= 4 is 42.4 Å². The second kappa shape index (κ2) is 9.24. The Morgan fingerprint density at radius 2 is 1.97 bits per heavy atom. The van der Waals surface area contributed by atoms with Gasteiger partial charge in [-0.15, -0.1) is 11.3 Å². The molecule has 8 nitrogen and oxygen atoms in total. The number of carbonyl (C=O) groups excluding carboxylic acids is 1. The molecule has 1 spiro atoms. The van der Waals surface area contributed by atoms with E-state index in [-0.39, 0.29) is 11.3 Å². The molecule has 0 radical (unpaired) electrons. The first kappa shape index (κ1) is 23.2. The third-order valence-corrected chi connectivity index (χ3v) is 8.84. The zero-order chi connectivity index (χ0) is 23.8. The summed E-state index contributed by atoms with van der Waals surface area (Å²) in [4.78, 5) is 30.7. The quantitative estimate of drug-likeness (QED) is 0.360. The van der Waals surface area contributed by atoms with Crippen molar-refractivity contribution in [2.24, 2.45) is 5.41 Å². The van der Waals surface area contributed by atoms with Crippen molar-refractivity contribution in [3.63, 3.8) is 0 Å². The van der Waals surface area contributed by atoms with Gasteiger partial charge in [-0.05, 0) is 29.1 Å². The van der Waals surface area contributed by atoms with Gasteiger partial charge in [-0.2, -0.15) is 0 Å². The van der Waals surface area contributed by atoms with Gasteiger partial charge in [0.05, 0.1) is 11.4 Å². The molecular weight excluding hydrogens is 471 g/mol. The van der Waals surface area contributed by atoms with E-state index in [1.165, 1.54) is 0 Å². The molecule has 0 bridgehead atoms. The van der Waals surface area contributed by atoms with Crippen LogP contribution in [-0.4, -0.2) is 48.8 Å². The predicted molar refractivity (Wildman–Crippen MR) is 139 cm³/mol. The van der Waals surface area contributed by atoms with Crippen LogP contribution in [0.1, 0.15) is 23.2 Å². The number of hydrogen-bond donors (Lipinski definition) is 3. The molecule has 10 heteroatoms. The molecule has 0 unspecified atom stereocenters. The average molecular weight is 501 g/mol. The van der Waals surface area contributed by atoms with Gasteiger partial charge in [0.2, 0.25) is 0 Å². The minimum absolute atomic E-state index is 0.0385. The number of nitrogens with one attached hydrogen (secondary N) is 1. The van der Waals surface area contributed by atoms with Crippen molar-refractivity contribution < 1.29 is 18.7 Å². The van der Waals surface area contributed by atoms with Crippen LogP contribution >= 0.6 is 19.3 Å². The average Bonchev–Trinajstić information content (AvgIpc) is 3.38. The van der Waals surface area contributed by atoms with E-state index in [1.807, 2.05) is 35.7 Å². The van der Waals surface area contributed by atoms with Crippen molar-refractivity contribution in [3.05, 3.63) is 59.6 Å². The van der Waals surface area contributed by atoms with Crippen LogP contribution in [0.5, 0.6) is 0 Å². The predicted octanol–water partition coefficient (Wildman–Crippen LogP) is 4.40. The molecule has 2 aliphatic heterocycles. The number of rotatable bonds is 4. The van der Waals surface area contributed by atoms with Gasteiger partial charge >= 0.3 is 129 Å². The molecular formula is C24H29N4O4PS. The van der Waals surface area contributed by atoms with Crippen molar-refractivity contribution in [1.82, 2.24) is 4.98 Å². The van der Waals surface area contributed by atoms with Gasteiger partial charge in [-0.25, -0.2) is 0 Å². The molecule has 2 aromatic heterocycles. The normalized spacial score (nSPS) is 20.1. The number of nitrogens with two attached hydrogens (primary N) is 1. The molecule has 34 heavy (non-hydrogen) atoms. The molecule has 1 amide bonds. The summed E-state index contributed by atoms with van der Waals surface area (Å²) in [6.45, 7) is 4.39. The second-order valence-electron chi connectivity index (χ2n) is 9.10. The number of aromatic nitrogens is 1. The van der Waals surface area contributed by atoms with Crippen LogP contribution in [0, 0.1) is 5.41 Å². The van der Waals surface area contributed by atoms with E-state index in [9.17, 15) is 9.69 Å². The number of nitrogens with zero attached hydrogens (tertiary/aromatic N) is 2. The van der Waals surface area contributed by atoms with Gasteiger partial charge in [0.1, 0.15) is 0 Å². The summed E-state index contributed by atoms with van der Waals surface area (Å²) in [5.41, 5.74) is 8.64. The van der Waals surface area contributed by atoms with E-state index in [2.05, 4.69) is 15.2 Å². The molecule has 5 rings (SSSR count). The van der Waals surface area contributed by atoms with Gasteiger partial charge in [0.15, 0.2) is 0 Å². The Kier molecular flexibility index (Phi) is 6.31. The maximum atomic E-state index is 12.8. The Labute approximate surface area is 203 Å². The zero-order valence-electron chi connectivity index (χ0n) is 19.0. The minimum atomic E-state index is -2.92. The summed E-state index contributed by atoms with van der Waals surface area (Å²) in [6, 6.07) is 13.3. The van der Waals surface area contributed by atoms with Crippen LogP contribution in [-0.2, 0) is 9.05 Å². The number of hydrogen-bond acceptors (Lipinski definition) is 8. The monoisotopic (exact) mass is 500 g/mol. The van der Waals surface area contributed by atoms with Gasteiger partial charge in [-0.3, -0.25) is 0 Å². The van der Waals surface area contributed by atoms with Crippen molar-refractivity contribution in [2.45, 2.75) is 12.8 Å². The number of piperidine rings is 1. The van der Waals surface area contributed by atoms with Gasteiger partial charge in [-0.1, -0.05) is 12.1 Å². The van der Waals surface area contributed by atoms with Crippen LogP contribution in [0.15, 0.2) is 54.0 Å². The summed E-state index contributed by atoms with van der Waals surface area (Å²) < 4.78 is 11.2. The first-order valence-corrected chi connectivity index (χ1v) is 14.4. The van der Waals surface area contributed by atoms with Crippen LogP contribution in [0.25, 0.3) is 10.4 Å². The molecule has 2 saturated heterocycles. The van der Waals surface area contributed by atoms with Gasteiger partial charge in [0, 0.05) is 4.88 Å². The topological polar surface area (TPSA) is 110 Å². The second-order valence-corrected chi connectivity index (χ2v) is 12.4. The van der Waals surface area contributed by atoms with E-state index in [0.29, 0.717) is 30.2 Å². The van der Waals surface area contributed by atoms with Gasteiger partial charge < -0.3 is 5.73 Å². The summed E-state index contributed by atoms with van der Waals surface area (Å²) in [5, 5.41) is 4.93. The molecule has 2 aliphatic rings. The SMILES string of the molecule is C[PH]1(O)OCC2(CCN(c3ccc(C(=O)Nc4cc(-c5cccs5)ccc4N)cn3)CC2)CO1. The number of pyridine rings is 1. The van der Waals surface area contributed by atoms with Crippen LogP contribution in [0.2, 0.25) is 0 Å². The first-order valence-electron chi connectivity index (χ1n) is 11.3. The number of nitrogen functional groups attached to an aromatic ring is 1. The number of benzene rings is 1. The summed E-state index contributed by atoms with van der Waals surface area (Å²) in [6.07, 6.45) is 3.41. The Balaban J connectivity index is 1.21. The molecule has 0 aliphatic carbocycles. The summed E-state index contributed by atoms with van der Waals surface area (Å²) in [5.74, 6) is 0.587. The number of carbonyl (C=O) groups is 1. The van der Waals surface area contributed by atoms with E-state index >= 15 is 0 Å². The molecule has 2 fully saturated rings. The fraction of sp³-hybridized carbons (Fsp3) is 0.333. The molecule has 180 valence electrons. The number of amides is 1.